The fraction of sp³-hybridized carbons (Fsp3) is 0.0667. The van der Waals surface area contributed by atoms with Crippen LogP contribution < -0.4 is 10.6 Å². The van der Waals surface area contributed by atoms with Crippen LogP contribution in [0.5, 0.6) is 5.75 Å². The first-order valence-corrected chi connectivity index (χ1v) is 12.2. The lowest BCUT2D eigenvalue weighted by Gasteiger charge is -2.13. The predicted molar refractivity (Wildman–Crippen MR) is 153 cm³/mol. The number of aryl methyl sites for hydroxylation is 1. The highest BCUT2D eigenvalue weighted by Crippen LogP contribution is 2.41. The van der Waals surface area contributed by atoms with Crippen molar-refractivity contribution in [3.05, 3.63) is 112 Å². The van der Waals surface area contributed by atoms with E-state index in [1.807, 2.05) is 36.4 Å². The van der Waals surface area contributed by atoms with Crippen LogP contribution in [0.2, 0.25) is 0 Å². The van der Waals surface area contributed by atoms with E-state index in [2.05, 4.69) is 20.9 Å². The van der Waals surface area contributed by atoms with Crippen molar-refractivity contribution in [2.24, 2.45) is 10.2 Å². The normalized spacial score (nSPS) is 11.2. The number of nitro groups is 1. The first-order chi connectivity index (χ1) is 19.3. The number of phenolic OH excluding ortho intramolecular Hbond substituents is 1. The second kappa shape index (κ2) is 10.6. The Morgan fingerprint density at radius 2 is 1.62 bits per heavy atom. The SMILES string of the molecule is CNC(=O)c1ccc2c(N=Nc3cc([N+](=O)[O-])ccc3C)c(O)c(C(=O)Nc3cccc4ccccc34)cc2c1. The molecule has 0 bridgehead atoms. The van der Waals surface area contributed by atoms with Crippen molar-refractivity contribution in [1.29, 1.82) is 0 Å². The van der Waals surface area contributed by atoms with Crippen LogP contribution in [0.15, 0.2) is 95.2 Å². The van der Waals surface area contributed by atoms with E-state index in [1.54, 1.807) is 37.3 Å². The molecule has 0 unspecified atom stereocenters. The summed E-state index contributed by atoms with van der Waals surface area (Å²) in [5.74, 6) is -1.35. The first-order valence-electron chi connectivity index (χ1n) is 12.2. The molecule has 0 aliphatic rings. The van der Waals surface area contributed by atoms with E-state index in [0.717, 1.165) is 10.8 Å². The van der Waals surface area contributed by atoms with Crippen molar-refractivity contribution < 1.29 is 19.6 Å². The van der Waals surface area contributed by atoms with Crippen LogP contribution in [0.25, 0.3) is 21.5 Å². The van der Waals surface area contributed by atoms with Gasteiger partial charge in [0.2, 0.25) is 0 Å². The summed E-state index contributed by atoms with van der Waals surface area (Å²) in [7, 11) is 1.51. The summed E-state index contributed by atoms with van der Waals surface area (Å²) in [4.78, 5) is 36.5. The molecule has 3 N–H and O–H groups in total. The zero-order valence-electron chi connectivity index (χ0n) is 21.5. The van der Waals surface area contributed by atoms with Gasteiger partial charge in [-0.25, -0.2) is 0 Å². The molecule has 5 aromatic carbocycles. The van der Waals surface area contributed by atoms with E-state index in [9.17, 15) is 24.8 Å². The number of nitrogens with one attached hydrogen (secondary N) is 2. The monoisotopic (exact) mass is 533 g/mol. The lowest BCUT2D eigenvalue weighted by Crippen LogP contribution is -2.17. The molecule has 0 saturated heterocycles. The number of nitro benzene ring substituents is 1. The van der Waals surface area contributed by atoms with Gasteiger partial charge in [-0.3, -0.25) is 19.7 Å². The highest BCUT2D eigenvalue weighted by atomic mass is 16.6. The van der Waals surface area contributed by atoms with Crippen LogP contribution in [0, 0.1) is 17.0 Å². The second-order valence-electron chi connectivity index (χ2n) is 9.05. The van der Waals surface area contributed by atoms with Gasteiger partial charge in [-0.2, -0.15) is 0 Å². The Morgan fingerprint density at radius 1 is 0.850 bits per heavy atom. The van der Waals surface area contributed by atoms with Crippen LogP contribution >= 0.6 is 0 Å². The van der Waals surface area contributed by atoms with Gasteiger partial charge in [0, 0.05) is 41.2 Å². The molecule has 10 heteroatoms. The minimum atomic E-state index is -0.593. The van der Waals surface area contributed by atoms with E-state index in [4.69, 9.17) is 0 Å². The number of aromatic hydroxyl groups is 1. The van der Waals surface area contributed by atoms with Gasteiger partial charge in [0.1, 0.15) is 5.69 Å². The summed E-state index contributed by atoms with van der Waals surface area (Å²) >= 11 is 0. The first kappa shape index (κ1) is 26.0. The molecule has 0 aromatic heterocycles. The Balaban J connectivity index is 1.65. The zero-order valence-corrected chi connectivity index (χ0v) is 21.5. The Labute approximate surface area is 228 Å². The number of rotatable bonds is 6. The molecule has 0 heterocycles. The number of carbonyl (C=O) groups is 2. The standard InChI is InChI=1S/C30H23N5O5/c1-17-10-12-21(35(39)40)16-26(17)33-34-27-23-13-11-19(29(37)31-2)14-20(23)15-24(28(27)36)30(38)32-25-9-5-7-18-6-3-4-8-22(18)25/h3-16,36H,1-2H3,(H,31,37)(H,32,38). The van der Waals surface area contributed by atoms with Crippen LogP contribution in [-0.4, -0.2) is 28.9 Å². The van der Waals surface area contributed by atoms with Crippen molar-refractivity contribution in [1.82, 2.24) is 5.32 Å². The van der Waals surface area contributed by atoms with Gasteiger partial charge >= 0.3 is 0 Å². The van der Waals surface area contributed by atoms with Crippen LogP contribution in [0.3, 0.4) is 0 Å². The van der Waals surface area contributed by atoms with Gasteiger partial charge in [-0.15, -0.1) is 10.2 Å². The third-order valence-electron chi connectivity index (χ3n) is 6.52. The molecular weight excluding hydrogens is 510 g/mol. The summed E-state index contributed by atoms with van der Waals surface area (Å²) in [6.07, 6.45) is 0. The smallest absolute Gasteiger partial charge is 0.271 e. The molecule has 0 atom stereocenters. The molecule has 0 saturated carbocycles. The molecule has 10 nitrogen and oxygen atoms in total. The molecular formula is C30H23N5O5. The third kappa shape index (κ3) is 4.93. The second-order valence-corrected chi connectivity index (χ2v) is 9.05. The average molecular weight is 534 g/mol. The minimum absolute atomic E-state index is 0.0186. The average Bonchev–Trinajstić information content (AvgIpc) is 2.96. The molecule has 0 aliphatic heterocycles. The summed E-state index contributed by atoms with van der Waals surface area (Å²) in [6.45, 7) is 1.72. The van der Waals surface area contributed by atoms with Crippen molar-refractivity contribution in [3.8, 4) is 5.75 Å². The van der Waals surface area contributed by atoms with Gasteiger partial charge in [0.25, 0.3) is 17.5 Å². The fourth-order valence-electron chi connectivity index (χ4n) is 4.38. The van der Waals surface area contributed by atoms with Gasteiger partial charge in [-0.05, 0) is 47.5 Å². The lowest BCUT2D eigenvalue weighted by molar-refractivity contribution is -0.384. The Hall–Kier alpha value is -5.64. The number of hydrogen-bond donors (Lipinski definition) is 3. The molecule has 5 rings (SSSR count). The maximum absolute atomic E-state index is 13.5. The fourth-order valence-corrected chi connectivity index (χ4v) is 4.38. The topological polar surface area (TPSA) is 146 Å². The molecule has 2 amide bonds. The van der Waals surface area contributed by atoms with Gasteiger partial charge in [0.05, 0.1) is 16.2 Å². The van der Waals surface area contributed by atoms with E-state index < -0.39 is 16.6 Å². The predicted octanol–water partition coefficient (Wildman–Crippen LogP) is 6.94. The highest BCUT2D eigenvalue weighted by Gasteiger charge is 2.20. The third-order valence-corrected chi connectivity index (χ3v) is 6.52. The molecule has 198 valence electrons. The number of fused-ring (bicyclic) bond motifs is 2. The molecule has 0 radical (unpaired) electrons. The van der Waals surface area contributed by atoms with Gasteiger partial charge in [0.15, 0.2) is 5.75 Å². The van der Waals surface area contributed by atoms with E-state index >= 15 is 0 Å². The van der Waals surface area contributed by atoms with Crippen LogP contribution in [0.4, 0.5) is 22.7 Å². The zero-order chi connectivity index (χ0) is 28.4. The molecule has 0 fully saturated rings. The maximum atomic E-state index is 13.5. The quantitative estimate of drug-likeness (QED) is 0.123. The van der Waals surface area contributed by atoms with Crippen LogP contribution in [-0.2, 0) is 0 Å². The Kier molecular flexibility index (Phi) is 6.90. The summed E-state index contributed by atoms with van der Waals surface area (Å²) in [5, 5.41) is 39.0. The van der Waals surface area contributed by atoms with E-state index in [-0.39, 0.29) is 28.5 Å². The number of azo groups is 1. The summed E-state index contributed by atoms with van der Waals surface area (Å²) in [6, 6.07) is 23.5. The summed E-state index contributed by atoms with van der Waals surface area (Å²) in [5.41, 5.74) is 1.50. The number of phenols is 1. The highest BCUT2D eigenvalue weighted by molar-refractivity contribution is 6.14. The Bertz CT molecular complexity index is 1860. The van der Waals surface area contributed by atoms with E-state index in [0.29, 0.717) is 27.6 Å². The number of anilines is 1. The Morgan fingerprint density at radius 3 is 2.40 bits per heavy atom. The lowest BCUT2D eigenvalue weighted by atomic mass is 10.00. The number of benzene rings is 5. The van der Waals surface area contributed by atoms with Crippen molar-refractivity contribution >= 4 is 56.1 Å². The van der Waals surface area contributed by atoms with Crippen molar-refractivity contribution in [2.45, 2.75) is 6.92 Å². The largest absolute Gasteiger partial charge is 0.505 e. The van der Waals surface area contributed by atoms with Crippen molar-refractivity contribution in [3.63, 3.8) is 0 Å². The molecule has 40 heavy (non-hydrogen) atoms. The van der Waals surface area contributed by atoms with Gasteiger partial charge in [-0.1, -0.05) is 48.5 Å². The van der Waals surface area contributed by atoms with Gasteiger partial charge < -0.3 is 15.7 Å². The minimum Gasteiger partial charge on any atom is -0.505 e. The number of nitrogens with zero attached hydrogens (tertiary/aromatic N) is 3. The van der Waals surface area contributed by atoms with Crippen molar-refractivity contribution in [2.75, 3.05) is 12.4 Å². The van der Waals surface area contributed by atoms with Crippen LogP contribution in [0.1, 0.15) is 26.3 Å². The molecule has 5 aromatic rings. The number of amides is 2. The molecule has 0 aliphatic carbocycles. The number of carbonyl (C=O) groups excluding carboxylic acids is 2. The maximum Gasteiger partial charge on any atom is 0.271 e. The number of hydrogen-bond acceptors (Lipinski definition) is 7. The van der Waals surface area contributed by atoms with E-state index in [1.165, 1.54) is 25.2 Å². The summed E-state index contributed by atoms with van der Waals surface area (Å²) < 4.78 is 0. The molecule has 0 spiro atoms. The number of non-ortho nitro benzene ring substituents is 1.